The lowest BCUT2D eigenvalue weighted by atomic mass is 9.91. The molecule has 0 spiro atoms. The quantitative estimate of drug-likeness (QED) is 0.670. The molecule has 0 saturated carbocycles. The number of ketones is 1. The second-order valence-electron chi connectivity index (χ2n) is 4.92. The maximum Gasteiger partial charge on any atom is 0.407 e. The number of carbonyl (C=O) groups is 2. The van der Waals surface area contributed by atoms with Gasteiger partial charge in [-0.15, -0.1) is 0 Å². The number of nitrogens with one attached hydrogen (secondary N) is 1. The van der Waals surface area contributed by atoms with E-state index in [1.54, 1.807) is 0 Å². The molecule has 1 N–H and O–H groups in total. The van der Waals surface area contributed by atoms with Crippen LogP contribution >= 0.6 is 0 Å². The van der Waals surface area contributed by atoms with Gasteiger partial charge in [-0.2, -0.15) is 0 Å². The van der Waals surface area contributed by atoms with Crippen molar-refractivity contribution in [2.45, 2.75) is 53.0 Å². The third kappa shape index (κ3) is 6.37. The molecular weight excluding hydrogens is 256 g/mol. The summed E-state index contributed by atoms with van der Waals surface area (Å²) in [4.78, 5) is 26.1. The molecule has 0 heterocycles. The molecule has 5 heteroatoms. The Morgan fingerprint density at radius 2 is 1.65 bits per heavy atom. The first-order chi connectivity index (χ1) is 9.53. The molecule has 0 aromatic heterocycles. The number of hydrogen-bond acceptors (Lipinski definition) is 4. The number of alkyl carbamates (subject to hydrolysis) is 1. The van der Waals surface area contributed by atoms with Crippen LogP contribution in [0.2, 0.25) is 0 Å². The van der Waals surface area contributed by atoms with Gasteiger partial charge in [0.2, 0.25) is 0 Å². The Labute approximate surface area is 123 Å². The van der Waals surface area contributed by atoms with E-state index < -0.39 is 12.1 Å². The summed E-state index contributed by atoms with van der Waals surface area (Å²) in [5, 5.41) is 2.68. The monoisotopic (exact) mass is 286 g/mol. The van der Waals surface area contributed by atoms with Crippen molar-refractivity contribution in [2.24, 2.45) is 5.92 Å². The summed E-state index contributed by atoms with van der Waals surface area (Å²) in [6.45, 7) is 10.9. The number of Topliss-reactive ketones (excluding diaryl/α,β-unsaturated/α-hetero) is 1. The number of methoxy groups -OCH3 is 1. The minimum absolute atomic E-state index is 0.00820. The highest BCUT2D eigenvalue weighted by Crippen LogP contribution is 2.13. The van der Waals surface area contributed by atoms with Crippen LogP contribution in [0.1, 0.15) is 47.0 Å². The minimum Gasteiger partial charge on any atom is -0.453 e. The maximum absolute atomic E-state index is 12.5. The number of hydrogen-bond donors (Lipinski definition) is 1. The first-order valence-electron chi connectivity index (χ1n) is 7.64. The predicted octanol–water partition coefficient (Wildman–Crippen LogP) is 2.45. The molecule has 5 nitrogen and oxygen atoms in total. The van der Waals surface area contributed by atoms with Crippen molar-refractivity contribution in [3.05, 3.63) is 0 Å². The zero-order chi connectivity index (χ0) is 15.5. The Morgan fingerprint density at radius 3 is 2.05 bits per heavy atom. The van der Waals surface area contributed by atoms with Crippen LogP contribution in [0.25, 0.3) is 0 Å². The second kappa shape index (κ2) is 10.7. The topological polar surface area (TPSA) is 58.6 Å². The summed E-state index contributed by atoms with van der Waals surface area (Å²) >= 11 is 0. The largest absolute Gasteiger partial charge is 0.453 e. The van der Waals surface area contributed by atoms with Gasteiger partial charge in [0.05, 0.1) is 13.2 Å². The number of nitrogens with zero attached hydrogens (tertiary/aromatic N) is 1. The second-order valence-corrected chi connectivity index (χ2v) is 4.92. The van der Waals surface area contributed by atoms with Crippen LogP contribution in [0.3, 0.4) is 0 Å². The molecule has 0 aromatic carbocycles. The van der Waals surface area contributed by atoms with Gasteiger partial charge in [0.25, 0.3) is 0 Å². The highest BCUT2D eigenvalue weighted by Gasteiger charge is 2.26. The van der Waals surface area contributed by atoms with E-state index in [1.165, 1.54) is 7.11 Å². The van der Waals surface area contributed by atoms with Gasteiger partial charge in [-0.05, 0) is 32.4 Å². The standard InChI is InChI=1S/C15H30N2O3/c1-6-12(7-2)14(18)13(16-15(19)20-5)10-11-17(8-3)9-4/h12-13H,6-11H2,1-5H3,(H,16,19)/t13-/m0/s1. The summed E-state index contributed by atoms with van der Waals surface area (Å²) in [5.74, 6) is 0.126. The van der Waals surface area contributed by atoms with Gasteiger partial charge in [0.15, 0.2) is 5.78 Å². The van der Waals surface area contributed by atoms with Crippen LogP contribution in [0.4, 0.5) is 4.79 Å². The first kappa shape index (κ1) is 18.9. The Hall–Kier alpha value is -1.10. The van der Waals surface area contributed by atoms with Gasteiger partial charge >= 0.3 is 6.09 Å². The van der Waals surface area contributed by atoms with Gasteiger partial charge in [-0.25, -0.2) is 4.79 Å². The van der Waals surface area contributed by atoms with Gasteiger partial charge in [-0.1, -0.05) is 27.7 Å². The van der Waals surface area contributed by atoms with Crippen LogP contribution in [-0.4, -0.2) is 49.6 Å². The predicted molar refractivity (Wildman–Crippen MR) is 80.8 cm³/mol. The number of carbonyl (C=O) groups excluding carboxylic acids is 2. The van der Waals surface area contributed by atoms with Gasteiger partial charge in [0, 0.05) is 12.5 Å². The molecule has 0 fully saturated rings. The van der Waals surface area contributed by atoms with Gasteiger partial charge < -0.3 is 15.0 Å². The van der Waals surface area contributed by atoms with E-state index in [-0.39, 0.29) is 11.7 Å². The lowest BCUT2D eigenvalue weighted by Crippen LogP contribution is -2.45. The van der Waals surface area contributed by atoms with E-state index in [1.807, 2.05) is 13.8 Å². The lowest BCUT2D eigenvalue weighted by Gasteiger charge is -2.24. The van der Waals surface area contributed by atoms with E-state index in [4.69, 9.17) is 0 Å². The van der Waals surface area contributed by atoms with E-state index in [2.05, 4.69) is 28.8 Å². The van der Waals surface area contributed by atoms with Crippen LogP contribution in [0, 0.1) is 5.92 Å². The van der Waals surface area contributed by atoms with Crippen molar-refractivity contribution >= 4 is 11.9 Å². The number of amides is 1. The third-order valence-corrected chi connectivity index (χ3v) is 3.84. The van der Waals surface area contributed by atoms with Crippen molar-refractivity contribution in [1.29, 1.82) is 0 Å². The Bertz CT molecular complexity index is 287. The lowest BCUT2D eigenvalue weighted by molar-refractivity contribution is -0.125. The van der Waals surface area contributed by atoms with Crippen LogP contribution in [-0.2, 0) is 9.53 Å². The van der Waals surface area contributed by atoms with Crippen LogP contribution in [0.5, 0.6) is 0 Å². The van der Waals surface area contributed by atoms with Crippen LogP contribution < -0.4 is 5.32 Å². The van der Waals surface area contributed by atoms with E-state index in [9.17, 15) is 9.59 Å². The summed E-state index contributed by atoms with van der Waals surface area (Å²) in [6.07, 6.45) is 1.71. The molecule has 20 heavy (non-hydrogen) atoms. The third-order valence-electron chi connectivity index (χ3n) is 3.84. The fourth-order valence-electron chi connectivity index (χ4n) is 2.31. The average Bonchev–Trinajstić information content (AvgIpc) is 2.47. The highest BCUT2D eigenvalue weighted by molar-refractivity contribution is 5.89. The van der Waals surface area contributed by atoms with E-state index in [0.29, 0.717) is 6.42 Å². The van der Waals surface area contributed by atoms with Crippen molar-refractivity contribution in [3.63, 3.8) is 0 Å². The molecule has 118 valence electrons. The molecule has 0 bridgehead atoms. The van der Waals surface area contributed by atoms with E-state index in [0.717, 1.165) is 32.5 Å². The fraction of sp³-hybridized carbons (Fsp3) is 0.867. The van der Waals surface area contributed by atoms with Crippen molar-refractivity contribution < 1.29 is 14.3 Å². The molecule has 0 rings (SSSR count). The summed E-state index contributed by atoms with van der Waals surface area (Å²) < 4.78 is 4.62. The first-order valence-corrected chi connectivity index (χ1v) is 7.64. The zero-order valence-electron chi connectivity index (χ0n) is 13.6. The zero-order valence-corrected chi connectivity index (χ0v) is 13.6. The van der Waals surface area contributed by atoms with Gasteiger partial charge in [0.1, 0.15) is 0 Å². The molecule has 0 radical (unpaired) electrons. The molecule has 1 amide bonds. The SMILES string of the molecule is CCC(CC)C(=O)[C@H](CCN(CC)CC)NC(=O)OC. The number of ether oxygens (including phenoxy) is 1. The normalized spacial score (nSPS) is 12.6. The summed E-state index contributed by atoms with van der Waals surface area (Å²) in [5.41, 5.74) is 0. The summed E-state index contributed by atoms with van der Waals surface area (Å²) in [6, 6.07) is -0.451. The Kier molecular flexibility index (Phi) is 10.1. The molecule has 0 unspecified atom stereocenters. The summed E-state index contributed by atoms with van der Waals surface area (Å²) in [7, 11) is 1.32. The van der Waals surface area contributed by atoms with Crippen molar-refractivity contribution in [3.8, 4) is 0 Å². The van der Waals surface area contributed by atoms with Gasteiger partial charge in [-0.3, -0.25) is 4.79 Å². The maximum atomic E-state index is 12.5. The molecule has 0 aliphatic carbocycles. The molecule has 0 aromatic rings. The smallest absolute Gasteiger partial charge is 0.407 e. The van der Waals surface area contributed by atoms with Crippen LogP contribution in [0.15, 0.2) is 0 Å². The molecule has 0 aliphatic rings. The Morgan fingerprint density at radius 1 is 1.10 bits per heavy atom. The molecule has 0 saturated heterocycles. The Balaban J connectivity index is 4.70. The van der Waals surface area contributed by atoms with Crippen molar-refractivity contribution in [2.75, 3.05) is 26.7 Å². The highest BCUT2D eigenvalue weighted by atomic mass is 16.5. The molecule has 1 atom stereocenters. The van der Waals surface area contributed by atoms with Crippen molar-refractivity contribution in [1.82, 2.24) is 10.2 Å². The fourth-order valence-corrected chi connectivity index (χ4v) is 2.31. The van der Waals surface area contributed by atoms with E-state index >= 15 is 0 Å². The number of rotatable bonds is 10. The average molecular weight is 286 g/mol. The minimum atomic E-state index is -0.533. The molecular formula is C15H30N2O3. The molecule has 0 aliphatic heterocycles.